The second-order valence-corrected chi connectivity index (χ2v) is 17.5. The van der Waals surface area contributed by atoms with Crippen LogP contribution in [0.2, 0.25) is 0 Å². The number of phosphoric ester groups is 1. The van der Waals surface area contributed by atoms with Gasteiger partial charge in [-0.1, -0.05) is 132 Å². The number of quaternary nitrogens is 1. The second-order valence-electron chi connectivity index (χ2n) is 16.1. The van der Waals surface area contributed by atoms with E-state index in [2.05, 4.69) is 68.5 Å². The lowest BCUT2D eigenvalue weighted by Crippen LogP contribution is -2.37. The maximum Gasteiger partial charge on any atom is 0.306 e. The maximum absolute atomic E-state index is 12.7. The van der Waals surface area contributed by atoms with Crippen molar-refractivity contribution >= 4 is 25.5 Å². The van der Waals surface area contributed by atoms with E-state index in [1.807, 2.05) is 33.3 Å². The summed E-state index contributed by atoms with van der Waals surface area (Å²) >= 11 is 0. The molecule has 0 radical (unpaired) electrons. The number of esters is 2. The Morgan fingerprint density at radius 1 is 0.576 bits per heavy atom. The summed E-state index contributed by atoms with van der Waals surface area (Å²) in [6.45, 7) is 3.95. The van der Waals surface area contributed by atoms with Crippen molar-refractivity contribution in [2.75, 3.05) is 47.5 Å². The number of unbranched alkanes of at least 4 members (excludes halogenated alkanes) is 13. The summed E-state index contributed by atoms with van der Waals surface area (Å²) in [5, 5.41) is 0. The van der Waals surface area contributed by atoms with Crippen LogP contribution in [0.5, 0.6) is 0 Å². The molecule has 2 atom stereocenters. The normalized spacial score (nSPS) is 14.1. The number of likely N-dealkylation sites (N-methyl/N-ethyl adjacent to an activating group) is 1. The van der Waals surface area contributed by atoms with Crippen molar-refractivity contribution in [3.05, 3.63) is 72.9 Å². The Morgan fingerprint density at radius 2 is 1.07 bits per heavy atom. The van der Waals surface area contributed by atoms with Crippen LogP contribution < -0.4 is 4.89 Å². The molecule has 0 fully saturated rings. The van der Waals surface area contributed by atoms with Gasteiger partial charge in [-0.2, -0.15) is 0 Å². The van der Waals surface area contributed by atoms with Gasteiger partial charge in [-0.25, -0.2) is 0 Å². The highest BCUT2D eigenvalue weighted by atomic mass is 31.2. The van der Waals surface area contributed by atoms with Gasteiger partial charge in [0.2, 0.25) is 0 Å². The van der Waals surface area contributed by atoms with Crippen LogP contribution in [-0.2, 0) is 37.5 Å². The van der Waals surface area contributed by atoms with E-state index < -0.39 is 32.5 Å². The number of hydrogen-bond acceptors (Lipinski definition) is 9. The predicted molar refractivity (Wildman–Crippen MR) is 241 cm³/mol. The largest absolute Gasteiger partial charge is 0.756 e. The molecule has 0 bridgehead atoms. The molecule has 10 nitrogen and oxygen atoms in total. The molecule has 0 aromatic carbocycles. The number of allylic oxidation sites excluding steroid dienone is 12. The van der Waals surface area contributed by atoms with Crippen LogP contribution in [-0.4, -0.2) is 75.8 Å². The molecule has 0 aromatic heterocycles. The summed E-state index contributed by atoms with van der Waals surface area (Å²) in [4.78, 5) is 49.6. The van der Waals surface area contributed by atoms with E-state index in [-0.39, 0.29) is 31.8 Å². The van der Waals surface area contributed by atoms with Crippen LogP contribution in [0, 0.1) is 0 Å². The standard InChI is InChI=1S/C48H82NO9P/c1-6-8-10-12-14-15-16-17-18-19-20-21-22-23-24-25-27-31-35-39-47(51)55-43-46(44-57-59(53,54)56-42-41-49(3,4)5)58-48(52)40-36-32-28-30-34-38-45(50)37-33-29-26-13-11-9-7-2/h14-15,17-18,20-21,23-24,26,29,33,37,46H,6-13,16,19,22,25,27-28,30-32,34-36,38-44H2,1-5H3/b15-14-,18-17-,21-20-,24-23-,29-26-,37-33+/t46-/m1/s1. The van der Waals surface area contributed by atoms with Gasteiger partial charge in [0.15, 0.2) is 11.9 Å². The van der Waals surface area contributed by atoms with Crippen molar-refractivity contribution in [2.45, 2.75) is 168 Å². The minimum atomic E-state index is -4.67. The van der Waals surface area contributed by atoms with E-state index in [0.717, 1.165) is 70.6 Å². The quantitative estimate of drug-likeness (QED) is 0.0113. The third-order valence-electron chi connectivity index (χ3n) is 9.18. The molecule has 1 unspecified atom stereocenters. The van der Waals surface area contributed by atoms with Crippen LogP contribution in [0.1, 0.15) is 162 Å². The molecule has 0 aromatic rings. The summed E-state index contributed by atoms with van der Waals surface area (Å²) in [7, 11) is 1.06. The van der Waals surface area contributed by atoms with Gasteiger partial charge in [-0.15, -0.1) is 0 Å². The highest BCUT2D eigenvalue weighted by Gasteiger charge is 2.21. The van der Waals surface area contributed by atoms with Gasteiger partial charge in [0.25, 0.3) is 7.82 Å². The van der Waals surface area contributed by atoms with Crippen molar-refractivity contribution in [3.63, 3.8) is 0 Å². The Morgan fingerprint density at radius 3 is 1.64 bits per heavy atom. The molecule has 59 heavy (non-hydrogen) atoms. The topological polar surface area (TPSA) is 128 Å². The SMILES string of the molecule is CCCCC/C=C\C=C\C(=O)CCCCCCCC(=O)O[C@H](COC(=O)CCCCC/C=C\C/C=C\C/C=C\C/C=C\CCCCC)COP(=O)([O-])OCC[N+](C)(C)C. The monoisotopic (exact) mass is 848 g/mol. The number of hydrogen-bond donors (Lipinski definition) is 0. The first kappa shape index (κ1) is 56.1. The minimum absolute atomic E-state index is 0.0620. The molecule has 0 spiro atoms. The molecular weight excluding hydrogens is 766 g/mol. The molecule has 0 amide bonds. The third kappa shape index (κ3) is 43.0. The van der Waals surface area contributed by atoms with Crippen molar-refractivity contribution in [2.24, 2.45) is 0 Å². The lowest BCUT2D eigenvalue weighted by atomic mass is 10.1. The first-order chi connectivity index (χ1) is 28.4. The average molecular weight is 848 g/mol. The molecule has 0 aliphatic carbocycles. The van der Waals surface area contributed by atoms with Crippen molar-refractivity contribution in [1.29, 1.82) is 0 Å². The van der Waals surface area contributed by atoms with Crippen LogP contribution >= 0.6 is 7.82 Å². The van der Waals surface area contributed by atoms with E-state index in [9.17, 15) is 23.8 Å². The fraction of sp³-hybridized carbons (Fsp3) is 0.688. The van der Waals surface area contributed by atoms with Gasteiger partial charge in [0.05, 0.1) is 27.7 Å². The molecule has 0 N–H and O–H groups in total. The molecule has 0 aliphatic heterocycles. The smallest absolute Gasteiger partial charge is 0.306 e. The van der Waals surface area contributed by atoms with E-state index in [4.69, 9.17) is 18.5 Å². The summed E-state index contributed by atoms with van der Waals surface area (Å²) < 4.78 is 33.8. The lowest BCUT2D eigenvalue weighted by molar-refractivity contribution is -0.870. The number of phosphoric acid groups is 1. The Kier molecular flexibility index (Phi) is 37.4. The zero-order valence-electron chi connectivity index (χ0n) is 37.7. The Hall–Kier alpha value is -2.88. The van der Waals surface area contributed by atoms with Gasteiger partial charge >= 0.3 is 11.9 Å². The lowest BCUT2D eigenvalue weighted by Gasteiger charge is -2.28. The number of rotatable bonds is 40. The van der Waals surface area contributed by atoms with Crippen LogP contribution in [0.4, 0.5) is 0 Å². The summed E-state index contributed by atoms with van der Waals surface area (Å²) in [5.74, 6) is -0.859. The molecule has 0 rings (SSSR count). The fourth-order valence-electron chi connectivity index (χ4n) is 5.56. The Labute approximate surface area is 359 Å². The molecular formula is C48H82NO9P. The highest BCUT2D eigenvalue weighted by Crippen LogP contribution is 2.38. The van der Waals surface area contributed by atoms with Crippen LogP contribution in [0.25, 0.3) is 0 Å². The van der Waals surface area contributed by atoms with E-state index in [1.165, 1.54) is 44.9 Å². The third-order valence-corrected chi connectivity index (χ3v) is 10.1. The van der Waals surface area contributed by atoms with Crippen LogP contribution in [0.3, 0.4) is 0 Å². The molecule has 0 saturated heterocycles. The van der Waals surface area contributed by atoms with E-state index in [0.29, 0.717) is 30.3 Å². The maximum atomic E-state index is 12.7. The van der Waals surface area contributed by atoms with Crippen molar-refractivity contribution in [1.82, 2.24) is 0 Å². The molecule has 0 heterocycles. The second kappa shape index (κ2) is 39.3. The van der Waals surface area contributed by atoms with Gasteiger partial charge in [-0.05, 0) is 83.1 Å². The number of carbonyl (C=O) groups is 3. The first-order valence-electron chi connectivity index (χ1n) is 22.6. The molecule has 11 heteroatoms. The zero-order valence-corrected chi connectivity index (χ0v) is 38.6. The summed E-state index contributed by atoms with van der Waals surface area (Å²) in [5.41, 5.74) is 0. The fourth-order valence-corrected chi connectivity index (χ4v) is 6.29. The zero-order chi connectivity index (χ0) is 43.7. The number of nitrogens with zero attached hydrogens (tertiary/aromatic N) is 1. The molecule has 0 saturated carbocycles. The summed E-state index contributed by atoms with van der Waals surface area (Å²) in [6, 6.07) is 0. The number of carbonyl (C=O) groups excluding carboxylic acids is 3. The predicted octanol–water partition coefficient (Wildman–Crippen LogP) is 11.6. The number of ether oxygens (including phenoxy) is 2. The average Bonchev–Trinajstić information content (AvgIpc) is 3.18. The number of ketones is 1. The van der Waals surface area contributed by atoms with Gasteiger partial charge in [0.1, 0.15) is 19.8 Å². The van der Waals surface area contributed by atoms with Crippen LogP contribution in [0.15, 0.2) is 72.9 Å². The van der Waals surface area contributed by atoms with Gasteiger partial charge in [-0.3, -0.25) is 18.9 Å². The Bertz CT molecular complexity index is 1300. The van der Waals surface area contributed by atoms with E-state index in [1.54, 1.807) is 6.08 Å². The highest BCUT2D eigenvalue weighted by molar-refractivity contribution is 7.45. The first-order valence-corrected chi connectivity index (χ1v) is 24.1. The molecule has 338 valence electrons. The van der Waals surface area contributed by atoms with E-state index >= 15 is 0 Å². The Balaban J connectivity index is 4.50. The minimum Gasteiger partial charge on any atom is -0.756 e. The molecule has 0 aliphatic rings. The van der Waals surface area contributed by atoms with Crippen molar-refractivity contribution < 1.29 is 46.8 Å². The summed E-state index contributed by atoms with van der Waals surface area (Å²) in [6.07, 6.45) is 44.6. The van der Waals surface area contributed by atoms with Crippen molar-refractivity contribution in [3.8, 4) is 0 Å². The van der Waals surface area contributed by atoms with Gasteiger partial charge in [0, 0.05) is 19.3 Å². The van der Waals surface area contributed by atoms with Gasteiger partial charge < -0.3 is 27.9 Å².